The summed E-state index contributed by atoms with van der Waals surface area (Å²) in [5.74, 6) is -0.834. The molecule has 0 aliphatic carbocycles. The minimum atomic E-state index is -0.685. The molecular formula is C31H33N3O5. The highest BCUT2D eigenvalue weighted by Crippen LogP contribution is 2.39. The van der Waals surface area contributed by atoms with E-state index in [9.17, 15) is 14.7 Å². The van der Waals surface area contributed by atoms with E-state index in [1.165, 1.54) is 0 Å². The molecule has 0 unspecified atom stereocenters. The van der Waals surface area contributed by atoms with E-state index in [1.54, 1.807) is 53.7 Å². The van der Waals surface area contributed by atoms with Crippen molar-refractivity contribution in [2.45, 2.75) is 26.0 Å². The van der Waals surface area contributed by atoms with Gasteiger partial charge < -0.3 is 19.5 Å². The van der Waals surface area contributed by atoms with Crippen molar-refractivity contribution in [2.75, 3.05) is 39.4 Å². The highest BCUT2D eigenvalue weighted by atomic mass is 16.5. The van der Waals surface area contributed by atoms with Crippen LogP contribution in [-0.2, 0) is 20.9 Å². The van der Waals surface area contributed by atoms with Gasteiger partial charge in [-0.2, -0.15) is 0 Å². The zero-order valence-electron chi connectivity index (χ0n) is 22.1. The minimum absolute atomic E-state index is 0.0890. The first-order chi connectivity index (χ1) is 19.0. The largest absolute Gasteiger partial charge is 0.507 e. The maximum atomic E-state index is 13.3. The molecule has 2 fully saturated rings. The summed E-state index contributed by atoms with van der Waals surface area (Å²) in [5.41, 5.74) is 3.51. The maximum absolute atomic E-state index is 13.3. The van der Waals surface area contributed by atoms with Crippen LogP contribution in [0.2, 0.25) is 0 Å². The average Bonchev–Trinajstić information content (AvgIpc) is 3.23. The number of hydrogen-bond acceptors (Lipinski definition) is 7. The predicted octanol–water partition coefficient (Wildman–Crippen LogP) is 4.11. The van der Waals surface area contributed by atoms with Gasteiger partial charge >= 0.3 is 0 Å². The summed E-state index contributed by atoms with van der Waals surface area (Å²) in [4.78, 5) is 34.4. The lowest BCUT2D eigenvalue weighted by molar-refractivity contribution is -0.140. The molecule has 0 saturated carbocycles. The minimum Gasteiger partial charge on any atom is -0.507 e. The molecule has 8 nitrogen and oxygen atoms in total. The summed E-state index contributed by atoms with van der Waals surface area (Å²) in [6.45, 7) is 6.80. The van der Waals surface area contributed by atoms with Crippen LogP contribution in [0.5, 0.6) is 5.75 Å². The Morgan fingerprint density at radius 1 is 1.00 bits per heavy atom. The molecule has 202 valence electrons. The van der Waals surface area contributed by atoms with Crippen LogP contribution in [0.25, 0.3) is 5.76 Å². The van der Waals surface area contributed by atoms with Crippen molar-refractivity contribution in [3.05, 3.63) is 101 Å². The van der Waals surface area contributed by atoms with Crippen molar-refractivity contribution >= 4 is 17.4 Å². The standard InChI is InChI=1S/C31H33N3O5/c1-22-5-2-3-6-25(22)21-39-26-9-7-24(8-10-26)29(35)27-28(23-11-13-32-14-12-23)34(31(37)30(27)36)16-4-15-33-17-19-38-20-18-33/h2-3,5-14,28,35H,4,15-21H2,1H3/t28-/m1/s1. The number of likely N-dealkylation sites (tertiary alicyclic amines) is 1. The molecule has 0 radical (unpaired) electrons. The van der Waals surface area contributed by atoms with Gasteiger partial charge in [0.25, 0.3) is 11.7 Å². The monoisotopic (exact) mass is 527 g/mol. The molecule has 1 atom stereocenters. The van der Waals surface area contributed by atoms with Crippen LogP contribution in [0, 0.1) is 6.92 Å². The third-order valence-corrected chi connectivity index (χ3v) is 7.32. The number of ketones is 1. The Labute approximate surface area is 228 Å². The molecule has 1 aromatic heterocycles. The molecule has 2 aromatic carbocycles. The Balaban J connectivity index is 1.36. The number of amides is 1. The van der Waals surface area contributed by atoms with Crippen LogP contribution in [0.1, 0.15) is 34.7 Å². The number of aliphatic hydroxyl groups excluding tert-OH is 1. The number of aromatic nitrogens is 1. The quantitative estimate of drug-likeness (QED) is 0.254. The highest BCUT2D eigenvalue weighted by Gasteiger charge is 2.45. The zero-order chi connectivity index (χ0) is 27.2. The van der Waals surface area contributed by atoms with E-state index in [0.29, 0.717) is 44.1 Å². The second-order valence-corrected chi connectivity index (χ2v) is 9.82. The lowest BCUT2D eigenvalue weighted by Gasteiger charge is -2.29. The topological polar surface area (TPSA) is 92.2 Å². The van der Waals surface area contributed by atoms with E-state index in [4.69, 9.17) is 9.47 Å². The molecule has 2 aliphatic heterocycles. The number of carbonyl (C=O) groups excluding carboxylic acids is 2. The number of nitrogens with zero attached hydrogens (tertiary/aromatic N) is 3. The van der Waals surface area contributed by atoms with Crippen LogP contribution in [0.4, 0.5) is 0 Å². The molecule has 1 N–H and O–H groups in total. The van der Waals surface area contributed by atoms with E-state index in [-0.39, 0.29) is 11.3 Å². The number of carbonyl (C=O) groups is 2. The van der Waals surface area contributed by atoms with Crippen molar-refractivity contribution < 1.29 is 24.2 Å². The fraction of sp³-hybridized carbons (Fsp3) is 0.323. The van der Waals surface area contributed by atoms with Crippen molar-refractivity contribution in [3.8, 4) is 5.75 Å². The fourth-order valence-corrected chi connectivity index (χ4v) is 5.09. The van der Waals surface area contributed by atoms with Crippen LogP contribution < -0.4 is 4.74 Å². The van der Waals surface area contributed by atoms with E-state index in [2.05, 4.69) is 9.88 Å². The van der Waals surface area contributed by atoms with Gasteiger partial charge in [0.2, 0.25) is 0 Å². The molecule has 3 aromatic rings. The molecule has 3 heterocycles. The molecular weight excluding hydrogens is 494 g/mol. The number of benzene rings is 2. The number of aryl methyl sites for hydroxylation is 1. The number of Topliss-reactive ketones (excluding diaryl/α,β-unsaturated/α-hetero) is 1. The second-order valence-electron chi connectivity index (χ2n) is 9.82. The number of pyridine rings is 1. The van der Waals surface area contributed by atoms with E-state index < -0.39 is 17.7 Å². The lowest BCUT2D eigenvalue weighted by atomic mass is 9.96. The summed E-state index contributed by atoms with van der Waals surface area (Å²) in [5, 5.41) is 11.3. The van der Waals surface area contributed by atoms with Crippen LogP contribution in [-0.4, -0.2) is 71.0 Å². The first-order valence-electron chi connectivity index (χ1n) is 13.3. The van der Waals surface area contributed by atoms with Gasteiger partial charge in [0.15, 0.2) is 0 Å². The van der Waals surface area contributed by atoms with Crippen molar-refractivity contribution in [3.63, 3.8) is 0 Å². The Hall–Kier alpha value is -4.01. The number of rotatable bonds is 9. The van der Waals surface area contributed by atoms with Crippen LogP contribution in [0.15, 0.2) is 78.6 Å². The van der Waals surface area contributed by atoms with Gasteiger partial charge in [0.05, 0.1) is 24.8 Å². The van der Waals surface area contributed by atoms with Gasteiger partial charge in [-0.15, -0.1) is 0 Å². The van der Waals surface area contributed by atoms with Gasteiger partial charge in [-0.25, -0.2) is 0 Å². The number of hydrogen-bond donors (Lipinski definition) is 1. The van der Waals surface area contributed by atoms with Gasteiger partial charge in [-0.3, -0.25) is 19.5 Å². The van der Waals surface area contributed by atoms with Gasteiger partial charge in [0.1, 0.15) is 18.1 Å². The molecule has 8 heteroatoms. The smallest absolute Gasteiger partial charge is 0.295 e. The molecule has 2 aliphatic rings. The zero-order valence-corrected chi connectivity index (χ0v) is 22.1. The Morgan fingerprint density at radius 3 is 2.44 bits per heavy atom. The molecule has 0 bridgehead atoms. The summed E-state index contributed by atoms with van der Waals surface area (Å²) in [7, 11) is 0. The summed E-state index contributed by atoms with van der Waals surface area (Å²) in [6.07, 6.45) is 3.97. The average molecular weight is 528 g/mol. The third kappa shape index (κ3) is 6.02. The van der Waals surface area contributed by atoms with Crippen molar-refractivity contribution in [2.24, 2.45) is 0 Å². The third-order valence-electron chi connectivity index (χ3n) is 7.32. The highest BCUT2D eigenvalue weighted by molar-refractivity contribution is 6.46. The molecule has 1 amide bonds. The molecule has 0 spiro atoms. The number of aliphatic hydroxyl groups is 1. The summed E-state index contributed by atoms with van der Waals surface area (Å²) in [6, 6.07) is 17.8. The summed E-state index contributed by atoms with van der Waals surface area (Å²) >= 11 is 0. The normalized spacial score (nSPS) is 19.4. The first-order valence-corrected chi connectivity index (χ1v) is 13.3. The van der Waals surface area contributed by atoms with Crippen molar-refractivity contribution in [1.82, 2.24) is 14.8 Å². The van der Waals surface area contributed by atoms with E-state index in [1.807, 2.05) is 31.2 Å². The van der Waals surface area contributed by atoms with Crippen LogP contribution >= 0.6 is 0 Å². The number of morpholine rings is 1. The summed E-state index contributed by atoms with van der Waals surface area (Å²) < 4.78 is 11.3. The van der Waals surface area contributed by atoms with E-state index in [0.717, 1.165) is 36.3 Å². The lowest BCUT2D eigenvalue weighted by Crippen LogP contribution is -2.38. The van der Waals surface area contributed by atoms with Crippen molar-refractivity contribution in [1.29, 1.82) is 0 Å². The number of ether oxygens (including phenoxy) is 2. The maximum Gasteiger partial charge on any atom is 0.295 e. The van der Waals surface area contributed by atoms with E-state index >= 15 is 0 Å². The Morgan fingerprint density at radius 2 is 1.72 bits per heavy atom. The first kappa shape index (κ1) is 26.6. The Bertz CT molecular complexity index is 1330. The van der Waals surface area contributed by atoms with Crippen LogP contribution in [0.3, 0.4) is 0 Å². The SMILES string of the molecule is Cc1ccccc1COc1ccc(C(O)=C2C(=O)C(=O)N(CCCN3CCOCC3)[C@@H]2c2ccncc2)cc1. The fourth-order valence-electron chi connectivity index (χ4n) is 5.09. The van der Waals surface area contributed by atoms with Gasteiger partial charge in [-0.05, 0) is 66.4 Å². The predicted molar refractivity (Wildman–Crippen MR) is 147 cm³/mol. The Kier molecular flexibility index (Phi) is 8.34. The second kappa shape index (κ2) is 12.2. The van der Waals surface area contributed by atoms with Gasteiger partial charge in [-0.1, -0.05) is 24.3 Å². The molecule has 39 heavy (non-hydrogen) atoms. The van der Waals surface area contributed by atoms with Gasteiger partial charge in [0, 0.05) is 44.1 Å². The molecule has 5 rings (SSSR count). The molecule has 2 saturated heterocycles.